The predicted octanol–water partition coefficient (Wildman–Crippen LogP) is 5.36. The lowest BCUT2D eigenvalue weighted by molar-refractivity contribution is -0.385. The summed E-state index contributed by atoms with van der Waals surface area (Å²) in [4.78, 5) is 46.6. The number of nitro groups is 2. The molecule has 0 heterocycles. The Morgan fingerprint density at radius 1 is 0.914 bits per heavy atom. The summed E-state index contributed by atoms with van der Waals surface area (Å²) >= 11 is 11.7. The van der Waals surface area contributed by atoms with Gasteiger partial charge in [0.15, 0.2) is 0 Å². The molecule has 0 spiro atoms. The topological polar surface area (TPSA) is 144 Å². The normalized spacial score (nSPS) is 11.0. The summed E-state index contributed by atoms with van der Waals surface area (Å²) in [5.74, 6) is -2.47. The van der Waals surface area contributed by atoms with Crippen molar-refractivity contribution in [3.63, 3.8) is 0 Å². The molecule has 10 nitrogen and oxygen atoms in total. The molecule has 2 N–H and O–H groups in total. The molecule has 0 atom stereocenters. The van der Waals surface area contributed by atoms with E-state index in [1.807, 2.05) is 0 Å². The van der Waals surface area contributed by atoms with Gasteiger partial charge in [-0.2, -0.15) is 0 Å². The van der Waals surface area contributed by atoms with Crippen LogP contribution < -0.4 is 10.6 Å². The second kappa shape index (κ2) is 10.7. The first-order chi connectivity index (χ1) is 16.5. The number of nitrogens with one attached hydrogen (secondary N) is 2. The highest BCUT2D eigenvalue weighted by Crippen LogP contribution is 2.28. The average molecular weight is 519 g/mol. The van der Waals surface area contributed by atoms with Gasteiger partial charge in [-0.15, -0.1) is 0 Å². The lowest BCUT2D eigenvalue weighted by atomic mass is 10.1. The first kappa shape index (κ1) is 25.3. The van der Waals surface area contributed by atoms with E-state index in [0.29, 0.717) is 0 Å². The summed E-state index contributed by atoms with van der Waals surface area (Å²) < 4.78 is 13.3. The van der Waals surface area contributed by atoms with Crippen LogP contribution in [0, 0.1) is 26.0 Å². The van der Waals surface area contributed by atoms with Gasteiger partial charge in [0, 0.05) is 23.9 Å². The molecular weight excluding hydrogens is 506 g/mol. The van der Waals surface area contributed by atoms with Gasteiger partial charge in [-0.25, -0.2) is 4.39 Å². The van der Waals surface area contributed by atoms with Crippen LogP contribution in [0.3, 0.4) is 0 Å². The molecule has 0 aliphatic carbocycles. The second-order valence-electron chi connectivity index (χ2n) is 6.87. The van der Waals surface area contributed by atoms with Crippen molar-refractivity contribution < 1.29 is 23.8 Å². The summed E-state index contributed by atoms with van der Waals surface area (Å²) in [5.41, 5.74) is -1.07. The third-order valence-electron chi connectivity index (χ3n) is 4.46. The number of rotatable bonds is 7. The second-order valence-corrected chi connectivity index (χ2v) is 7.68. The zero-order valence-electron chi connectivity index (χ0n) is 17.3. The van der Waals surface area contributed by atoms with Crippen molar-refractivity contribution in [3.05, 3.63) is 114 Å². The number of hydrogen-bond acceptors (Lipinski definition) is 6. The van der Waals surface area contributed by atoms with Gasteiger partial charge in [0.1, 0.15) is 16.5 Å². The minimum atomic E-state index is -0.917. The molecule has 3 aromatic rings. The van der Waals surface area contributed by atoms with Gasteiger partial charge in [0.2, 0.25) is 0 Å². The van der Waals surface area contributed by atoms with E-state index in [4.69, 9.17) is 23.2 Å². The van der Waals surface area contributed by atoms with Crippen LogP contribution in [0.4, 0.5) is 21.5 Å². The minimum Gasteiger partial charge on any atom is -0.320 e. The minimum absolute atomic E-state index is 0.00916. The molecule has 0 aliphatic heterocycles. The molecular formula is C22H13Cl2FN4O6. The van der Waals surface area contributed by atoms with Crippen molar-refractivity contribution in [2.24, 2.45) is 0 Å². The zero-order valence-corrected chi connectivity index (χ0v) is 18.8. The highest BCUT2D eigenvalue weighted by atomic mass is 35.5. The lowest BCUT2D eigenvalue weighted by Crippen LogP contribution is -2.31. The Balaban J connectivity index is 1.98. The van der Waals surface area contributed by atoms with Crippen LogP contribution in [0.15, 0.2) is 66.4 Å². The van der Waals surface area contributed by atoms with E-state index in [0.717, 1.165) is 36.4 Å². The number of nitro benzene ring substituents is 2. The third kappa shape index (κ3) is 6.37. The van der Waals surface area contributed by atoms with Crippen LogP contribution in [0.2, 0.25) is 10.0 Å². The van der Waals surface area contributed by atoms with Gasteiger partial charge in [-0.1, -0.05) is 35.3 Å². The number of carbonyl (C=O) groups excluding carboxylic acids is 2. The average Bonchev–Trinajstić information content (AvgIpc) is 2.79. The van der Waals surface area contributed by atoms with E-state index < -0.39 is 33.2 Å². The maximum Gasteiger partial charge on any atom is 0.289 e. The molecule has 0 aliphatic rings. The molecule has 0 aromatic heterocycles. The van der Waals surface area contributed by atoms with Gasteiger partial charge in [0.05, 0.1) is 20.4 Å². The molecule has 0 saturated heterocycles. The molecule has 0 saturated carbocycles. The van der Waals surface area contributed by atoms with E-state index in [9.17, 15) is 34.2 Å². The van der Waals surface area contributed by atoms with E-state index in [1.54, 1.807) is 0 Å². The first-order valence-electron chi connectivity index (χ1n) is 9.53. The van der Waals surface area contributed by atoms with Crippen LogP contribution in [0.25, 0.3) is 6.08 Å². The molecule has 0 bridgehead atoms. The van der Waals surface area contributed by atoms with E-state index in [1.165, 1.54) is 30.3 Å². The number of carbonyl (C=O) groups is 2. The fourth-order valence-electron chi connectivity index (χ4n) is 2.85. The van der Waals surface area contributed by atoms with Crippen LogP contribution in [0.1, 0.15) is 15.9 Å². The molecule has 3 rings (SSSR count). The molecule has 0 fully saturated rings. The van der Waals surface area contributed by atoms with E-state index >= 15 is 0 Å². The Kier molecular flexibility index (Phi) is 7.74. The maximum atomic E-state index is 13.3. The standard InChI is InChI=1S/C22H13Cl2FN4O6/c23-17-7-5-14(11-20(17)29(34)35)26-22(31)19(9-12-2-1-3-15(8-12)28(32)33)27-21(30)16-6-4-13(25)10-18(16)24/h1-11H,(H,26,31)(H,27,30)/b19-9-. The van der Waals surface area contributed by atoms with Gasteiger partial charge in [-0.3, -0.25) is 29.8 Å². The summed E-state index contributed by atoms with van der Waals surface area (Å²) in [6, 6.07) is 11.8. The van der Waals surface area contributed by atoms with Crippen molar-refractivity contribution in [2.75, 3.05) is 5.32 Å². The van der Waals surface area contributed by atoms with Crippen LogP contribution in [-0.4, -0.2) is 21.7 Å². The highest BCUT2D eigenvalue weighted by molar-refractivity contribution is 6.34. The monoisotopic (exact) mass is 518 g/mol. The number of hydrogen-bond donors (Lipinski definition) is 2. The van der Waals surface area contributed by atoms with Crippen LogP contribution in [0.5, 0.6) is 0 Å². The number of benzene rings is 3. The predicted molar refractivity (Wildman–Crippen MR) is 127 cm³/mol. The Hall–Kier alpha value is -4.35. The van der Waals surface area contributed by atoms with Crippen molar-refractivity contribution in [1.29, 1.82) is 0 Å². The molecule has 3 aromatic carbocycles. The van der Waals surface area contributed by atoms with Crippen molar-refractivity contribution in [2.45, 2.75) is 0 Å². The number of nitrogens with zero attached hydrogens (tertiary/aromatic N) is 2. The number of anilines is 1. The van der Waals surface area contributed by atoms with Crippen molar-refractivity contribution >= 4 is 58.2 Å². The third-order valence-corrected chi connectivity index (χ3v) is 5.09. The Morgan fingerprint density at radius 2 is 1.66 bits per heavy atom. The van der Waals surface area contributed by atoms with Gasteiger partial charge in [0.25, 0.3) is 23.2 Å². The largest absolute Gasteiger partial charge is 0.320 e. The summed E-state index contributed by atoms with van der Waals surface area (Å²) in [6.45, 7) is 0. The fraction of sp³-hybridized carbons (Fsp3) is 0. The van der Waals surface area contributed by atoms with Gasteiger partial charge >= 0.3 is 0 Å². The smallest absolute Gasteiger partial charge is 0.289 e. The van der Waals surface area contributed by atoms with Crippen LogP contribution in [-0.2, 0) is 4.79 Å². The number of halogens is 3. The first-order valence-corrected chi connectivity index (χ1v) is 10.3. The van der Waals surface area contributed by atoms with Crippen molar-refractivity contribution in [3.8, 4) is 0 Å². The quantitative estimate of drug-likeness (QED) is 0.244. The zero-order chi connectivity index (χ0) is 25.7. The molecule has 35 heavy (non-hydrogen) atoms. The fourth-order valence-corrected chi connectivity index (χ4v) is 3.28. The van der Waals surface area contributed by atoms with Crippen molar-refractivity contribution in [1.82, 2.24) is 5.32 Å². The maximum absolute atomic E-state index is 13.3. The number of amides is 2. The lowest BCUT2D eigenvalue weighted by Gasteiger charge is -2.12. The molecule has 178 valence electrons. The Bertz CT molecular complexity index is 1400. The molecule has 13 heteroatoms. The van der Waals surface area contributed by atoms with Gasteiger partial charge < -0.3 is 10.6 Å². The number of non-ortho nitro benzene ring substituents is 1. The SMILES string of the molecule is O=C(Nc1ccc(Cl)c([N+](=O)[O-])c1)/C(=C/c1cccc([N+](=O)[O-])c1)NC(=O)c1ccc(F)cc1Cl. The molecule has 0 radical (unpaired) electrons. The summed E-state index contributed by atoms with van der Waals surface area (Å²) in [6.07, 6.45) is 1.15. The molecule has 0 unspecified atom stereocenters. The summed E-state index contributed by atoms with van der Waals surface area (Å²) in [7, 11) is 0. The Morgan fingerprint density at radius 3 is 2.31 bits per heavy atom. The summed E-state index contributed by atoms with van der Waals surface area (Å²) in [5, 5.41) is 26.6. The van der Waals surface area contributed by atoms with Crippen LogP contribution >= 0.6 is 23.2 Å². The molecule has 2 amide bonds. The van der Waals surface area contributed by atoms with E-state index in [-0.39, 0.29) is 38.2 Å². The van der Waals surface area contributed by atoms with Gasteiger partial charge in [-0.05, 0) is 42.0 Å². The Labute approximate surface area is 206 Å². The highest BCUT2D eigenvalue weighted by Gasteiger charge is 2.20. The van der Waals surface area contributed by atoms with E-state index in [2.05, 4.69) is 10.6 Å².